The summed E-state index contributed by atoms with van der Waals surface area (Å²) < 4.78 is 5.36. The number of carbonyl (C=O) groups excluding carboxylic acids is 2. The van der Waals surface area contributed by atoms with Gasteiger partial charge in [0.25, 0.3) is 0 Å². The first-order valence-corrected chi connectivity index (χ1v) is 7.88. The maximum atomic E-state index is 12.7. The van der Waals surface area contributed by atoms with Crippen molar-refractivity contribution in [1.82, 2.24) is 4.90 Å². The summed E-state index contributed by atoms with van der Waals surface area (Å²) >= 11 is 0. The van der Waals surface area contributed by atoms with Gasteiger partial charge in [-0.25, -0.2) is 4.79 Å². The quantitative estimate of drug-likeness (QED) is 0.860. The number of ether oxygens (including phenoxy) is 1. The first-order valence-electron chi connectivity index (χ1n) is 7.88. The van der Waals surface area contributed by atoms with Crippen LogP contribution in [0.2, 0.25) is 0 Å². The Morgan fingerprint density at radius 2 is 1.91 bits per heavy atom. The Balaban J connectivity index is 2.11. The van der Waals surface area contributed by atoms with E-state index < -0.39 is 11.0 Å². The first kappa shape index (κ1) is 17.3. The zero-order chi connectivity index (χ0) is 17.4. The molecule has 0 N–H and O–H groups in total. The number of amides is 2. The summed E-state index contributed by atoms with van der Waals surface area (Å²) in [4.78, 5) is 28.0. The van der Waals surface area contributed by atoms with Gasteiger partial charge in [-0.05, 0) is 45.7 Å². The summed E-state index contributed by atoms with van der Waals surface area (Å²) in [6.07, 6.45) is 0.191. The van der Waals surface area contributed by atoms with E-state index in [1.807, 2.05) is 52.0 Å². The van der Waals surface area contributed by atoms with Crippen molar-refractivity contribution in [3.8, 4) is 0 Å². The third-order valence-corrected chi connectivity index (χ3v) is 4.29. The lowest BCUT2D eigenvalue weighted by Gasteiger charge is -2.28. The van der Waals surface area contributed by atoms with E-state index in [-0.39, 0.29) is 12.0 Å². The van der Waals surface area contributed by atoms with Gasteiger partial charge in [0.2, 0.25) is 5.91 Å². The molecule has 23 heavy (non-hydrogen) atoms. The third kappa shape index (κ3) is 3.33. The van der Waals surface area contributed by atoms with E-state index in [9.17, 15) is 9.59 Å². The van der Waals surface area contributed by atoms with Gasteiger partial charge in [0.15, 0.2) is 0 Å². The minimum Gasteiger partial charge on any atom is -0.444 e. The molecule has 1 aromatic rings. The molecule has 1 heterocycles. The fourth-order valence-electron chi connectivity index (χ4n) is 2.89. The van der Waals surface area contributed by atoms with Crippen LogP contribution in [0.4, 0.5) is 10.5 Å². The number of fused-ring (bicyclic) bond motifs is 1. The normalized spacial score (nSPS) is 20.4. The van der Waals surface area contributed by atoms with Gasteiger partial charge >= 0.3 is 6.09 Å². The standard InChI is InChI=1S/C18H26N2O3/c1-17(2,3)23-16(22)19(5)12-11-18(4)13-9-7-8-10-14(13)20(6)15(18)21/h7-10H,11-12H2,1-6H3. The molecule has 0 bridgehead atoms. The minimum absolute atomic E-state index is 0.0660. The summed E-state index contributed by atoms with van der Waals surface area (Å²) in [6, 6.07) is 7.82. The maximum absolute atomic E-state index is 12.7. The lowest BCUT2D eigenvalue weighted by Crippen LogP contribution is -2.41. The van der Waals surface area contributed by atoms with Gasteiger partial charge in [0, 0.05) is 26.3 Å². The van der Waals surface area contributed by atoms with E-state index in [4.69, 9.17) is 4.74 Å². The summed E-state index contributed by atoms with van der Waals surface area (Å²) in [5, 5.41) is 0. The molecule has 1 aliphatic rings. The molecule has 0 saturated carbocycles. The summed E-state index contributed by atoms with van der Waals surface area (Å²) in [5.74, 6) is 0.0660. The molecule has 2 amide bonds. The van der Waals surface area contributed by atoms with E-state index in [2.05, 4.69) is 0 Å². The maximum Gasteiger partial charge on any atom is 0.410 e. The first-order chi connectivity index (χ1) is 10.6. The summed E-state index contributed by atoms with van der Waals surface area (Å²) in [5.41, 5.74) is 0.831. The number of hydrogen-bond donors (Lipinski definition) is 0. The number of para-hydroxylation sites is 1. The Bertz CT molecular complexity index is 621. The summed E-state index contributed by atoms with van der Waals surface area (Å²) in [6.45, 7) is 7.92. The van der Waals surface area contributed by atoms with Crippen molar-refractivity contribution in [2.45, 2.75) is 45.1 Å². The van der Waals surface area contributed by atoms with Gasteiger partial charge in [-0.3, -0.25) is 4.79 Å². The van der Waals surface area contributed by atoms with Crippen LogP contribution in [0.1, 0.15) is 39.7 Å². The van der Waals surface area contributed by atoms with E-state index >= 15 is 0 Å². The van der Waals surface area contributed by atoms with Crippen LogP contribution >= 0.6 is 0 Å². The van der Waals surface area contributed by atoms with Gasteiger partial charge in [-0.2, -0.15) is 0 Å². The molecular weight excluding hydrogens is 292 g/mol. The highest BCUT2D eigenvalue weighted by molar-refractivity contribution is 6.07. The van der Waals surface area contributed by atoms with Gasteiger partial charge in [-0.1, -0.05) is 18.2 Å². The largest absolute Gasteiger partial charge is 0.444 e. The van der Waals surface area contributed by atoms with Crippen LogP contribution in [0.15, 0.2) is 24.3 Å². The number of nitrogens with zero attached hydrogens (tertiary/aromatic N) is 2. The van der Waals surface area contributed by atoms with Crippen LogP contribution in [0, 0.1) is 0 Å². The monoisotopic (exact) mass is 318 g/mol. The van der Waals surface area contributed by atoms with Gasteiger partial charge in [0.05, 0.1) is 5.41 Å². The zero-order valence-electron chi connectivity index (χ0n) is 14.8. The molecule has 1 aromatic carbocycles. The van der Waals surface area contributed by atoms with Crippen molar-refractivity contribution < 1.29 is 14.3 Å². The third-order valence-electron chi connectivity index (χ3n) is 4.29. The molecule has 0 saturated heterocycles. The van der Waals surface area contributed by atoms with Crippen LogP contribution in [-0.2, 0) is 14.9 Å². The fourth-order valence-corrected chi connectivity index (χ4v) is 2.89. The van der Waals surface area contributed by atoms with E-state index in [1.54, 1.807) is 19.0 Å². The molecule has 0 aromatic heterocycles. The Hall–Kier alpha value is -2.04. The number of carbonyl (C=O) groups is 2. The van der Waals surface area contributed by atoms with E-state index in [1.165, 1.54) is 4.90 Å². The highest BCUT2D eigenvalue weighted by Crippen LogP contribution is 2.42. The molecule has 1 atom stereocenters. The Morgan fingerprint density at radius 1 is 1.30 bits per heavy atom. The predicted octanol–water partition coefficient (Wildman–Crippen LogP) is 3.18. The molecule has 1 unspecified atom stereocenters. The molecule has 5 heteroatoms. The van der Waals surface area contributed by atoms with Gasteiger partial charge < -0.3 is 14.5 Å². The smallest absolute Gasteiger partial charge is 0.410 e. The van der Waals surface area contributed by atoms with Crippen molar-refractivity contribution in [3.05, 3.63) is 29.8 Å². The second-order valence-corrected chi connectivity index (χ2v) is 7.37. The highest BCUT2D eigenvalue weighted by atomic mass is 16.6. The Morgan fingerprint density at radius 3 is 2.52 bits per heavy atom. The molecule has 5 nitrogen and oxygen atoms in total. The molecule has 1 aliphatic heterocycles. The van der Waals surface area contributed by atoms with Crippen molar-refractivity contribution >= 4 is 17.7 Å². The van der Waals surface area contributed by atoms with Gasteiger partial charge in [0.1, 0.15) is 5.60 Å². The SMILES string of the molecule is CN(CCC1(C)C(=O)N(C)c2ccccc21)C(=O)OC(C)(C)C. The van der Waals surface area contributed by atoms with Crippen molar-refractivity contribution in [2.24, 2.45) is 0 Å². The van der Waals surface area contributed by atoms with Crippen LogP contribution in [0.25, 0.3) is 0 Å². The second-order valence-electron chi connectivity index (χ2n) is 7.37. The lowest BCUT2D eigenvalue weighted by atomic mass is 9.80. The molecule has 0 aliphatic carbocycles. The van der Waals surface area contributed by atoms with Crippen LogP contribution in [-0.4, -0.2) is 43.1 Å². The highest BCUT2D eigenvalue weighted by Gasteiger charge is 2.45. The van der Waals surface area contributed by atoms with Crippen LogP contribution in [0.5, 0.6) is 0 Å². The molecule has 0 spiro atoms. The van der Waals surface area contributed by atoms with Crippen LogP contribution in [0.3, 0.4) is 0 Å². The van der Waals surface area contributed by atoms with Crippen molar-refractivity contribution in [1.29, 1.82) is 0 Å². The predicted molar refractivity (Wildman–Crippen MR) is 90.7 cm³/mol. The van der Waals surface area contributed by atoms with E-state index in [0.717, 1.165) is 11.3 Å². The number of likely N-dealkylation sites (N-methyl/N-ethyl adjacent to an activating group) is 1. The molecular formula is C18H26N2O3. The van der Waals surface area contributed by atoms with Crippen molar-refractivity contribution in [2.75, 3.05) is 25.5 Å². The molecule has 0 fully saturated rings. The number of benzene rings is 1. The topological polar surface area (TPSA) is 49.9 Å². The zero-order valence-corrected chi connectivity index (χ0v) is 14.8. The Kier molecular flexibility index (Phi) is 4.42. The van der Waals surface area contributed by atoms with Crippen molar-refractivity contribution in [3.63, 3.8) is 0 Å². The average molecular weight is 318 g/mol. The number of rotatable bonds is 3. The second kappa shape index (κ2) is 5.87. The molecule has 0 radical (unpaired) electrons. The summed E-state index contributed by atoms with van der Waals surface area (Å²) in [7, 11) is 3.50. The molecule has 126 valence electrons. The Labute approximate surface area is 138 Å². The van der Waals surface area contributed by atoms with Gasteiger partial charge in [-0.15, -0.1) is 0 Å². The number of anilines is 1. The lowest BCUT2D eigenvalue weighted by molar-refractivity contribution is -0.122. The minimum atomic E-state index is -0.610. The number of hydrogen-bond acceptors (Lipinski definition) is 3. The van der Waals surface area contributed by atoms with E-state index in [0.29, 0.717) is 13.0 Å². The molecule has 2 rings (SSSR count). The fraction of sp³-hybridized carbons (Fsp3) is 0.556. The van der Waals surface area contributed by atoms with Crippen LogP contribution < -0.4 is 4.90 Å². The average Bonchev–Trinajstić information content (AvgIpc) is 2.66.